The summed E-state index contributed by atoms with van der Waals surface area (Å²) >= 11 is 5.74. The van der Waals surface area contributed by atoms with Crippen molar-refractivity contribution in [3.63, 3.8) is 0 Å². The average molecular weight is 357 g/mol. The Labute approximate surface area is 140 Å². The number of alkyl halides is 3. The molecule has 8 heteroatoms. The van der Waals surface area contributed by atoms with Crippen LogP contribution in [0.5, 0.6) is 0 Å². The normalized spacial score (nSPS) is 11.5. The second-order valence-corrected chi connectivity index (χ2v) is 5.03. The summed E-state index contributed by atoms with van der Waals surface area (Å²) in [6, 6.07) is 12.2. The Hall–Kier alpha value is -2.54. The van der Waals surface area contributed by atoms with Crippen LogP contribution in [0.15, 0.2) is 53.7 Å². The molecule has 0 aliphatic carbocycles. The number of carbonyl (C=O) groups is 1. The van der Waals surface area contributed by atoms with E-state index in [-0.39, 0.29) is 5.02 Å². The van der Waals surface area contributed by atoms with Crippen molar-refractivity contribution in [2.45, 2.75) is 6.18 Å². The van der Waals surface area contributed by atoms with E-state index in [9.17, 15) is 18.0 Å². The average Bonchev–Trinajstić information content (AvgIpc) is 2.53. The van der Waals surface area contributed by atoms with Gasteiger partial charge in [0.15, 0.2) is 6.61 Å². The monoisotopic (exact) mass is 356 g/mol. The molecule has 0 saturated carbocycles. The highest BCUT2D eigenvalue weighted by atomic mass is 35.5. The highest BCUT2D eigenvalue weighted by Crippen LogP contribution is 2.38. The van der Waals surface area contributed by atoms with Crippen LogP contribution in [0.25, 0.3) is 0 Å². The number of amides is 1. The molecule has 0 heterocycles. The van der Waals surface area contributed by atoms with E-state index in [0.29, 0.717) is 0 Å². The summed E-state index contributed by atoms with van der Waals surface area (Å²) in [6.45, 7) is -0.550. The third kappa shape index (κ3) is 4.99. The molecule has 0 saturated heterocycles. The molecule has 0 aliphatic heterocycles. The molecule has 1 N–H and O–H groups in total. The van der Waals surface area contributed by atoms with E-state index in [2.05, 4.69) is 10.5 Å². The van der Waals surface area contributed by atoms with Gasteiger partial charge in [-0.3, -0.25) is 4.79 Å². The zero-order valence-electron chi connectivity index (χ0n) is 12.2. The van der Waals surface area contributed by atoms with Crippen LogP contribution in [-0.2, 0) is 15.8 Å². The van der Waals surface area contributed by atoms with E-state index >= 15 is 0 Å². The van der Waals surface area contributed by atoms with Gasteiger partial charge in [0.1, 0.15) is 0 Å². The first kappa shape index (κ1) is 17.8. The van der Waals surface area contributed by atoms with Crippen molar-refractivity contribution in [1.82, 2.24) is 0 Å². The Morgan fingerprint density at radius 2 is 1.88 bits per heavy atom. The molecule has 0 aromatic heterocycles. The molecule has 0 radical (unpaired) electrons. The maximum absolute atomic E-state index is 12.9. The molecule has 0 atom stereocenters. The number of benzene rings is 2. The predicted molar refractivity (Wildman–Crippen MR) is 85.1 cm³/mol. The molecule has 126 valence electrons. The van der Waals surface area contributed by atoms with Crippen molar-refractivity contribution in [2.75, 3.05) is 11.9 Å². The fraction of sp³-hybridized carbons (Fsp3) is 0.125. The van der Waals surface area contributed by atoms with Crippen molar-refractivity contribution in [3.8, 4) is 0 Å². The topological polar surface area (TPSA) is 50.7 Å². The summed E-state index contributed by atoms with van der Waals surface area (Å²) in [5.74, 6) is -0.807. The Bertz CT molecular complexity index is 734. The van der Waals surface area contributed by atoms with Crippen molar-refractivity contribution in [3.05, 3.63) is 64.7 Å². The van der Waals surface area contributed by atoms with E-state index < -0.39 is 29.9 Å². The Kier molecular flexibility index (Phi) is 5.81. The number of hydrogen-bond acceptors (Lipinski definition) is 3. The highest BCUT2D eigenvalue weighted by Gasteiger charge is 2.34. The van der Waals surface area contributed by atoms with Gasteiger partial charge in [-0.2, -0.15) is 13.2 Å². The molecular formula is C16H12ClF3N2O2. The molecule has 0 fully saturated rings. The van der Waals surface area contributed by atoms with Crippen LogP contribution in [0.1, 0.15) is 11.1 Å². The third-order valence-corrected chi connectivity index (χ3v) is 3.17. The van der Waals surface area contributed by atoms with Crippen molar-refractivity contribution < 1.29 is 22.8 Å². The minimum absolute atomic E-state index is 0.217. The predicted octanol–water partition coefficient (Wildman–Crippen LogP) is 4.35. The molecule has 0 bridgehead atoms. The number of rotatable bonds is 5. The first-order valence-electron chi connectivity index (χ1n) is 6.74. The summed E-state index contributed by atoms with van der Waals surface area (Å²) in [5, 5.41) is 5.45. The van der Waals surface area contributed by atoms with E-state index in [4.69, 9.17) is 16.4 Å². The maximum atomic E-state index is 12.9. The number of oxime groups is 1. The van der Waals surface area contributed by atoms with Gasteiger partial charge in [-0.15, -0.1) is 0 Å². The fourth-order valence-electron chi connectivity index (χ4n) is 1.80. The minimum Gasteiger partial charge on any atom is -0.386 e. The molecule has 2 aromatic carbocycles. The van der Waals surface area contributed by atoms with Crippen LogP contribution < -0.4 is 5.32 Å². The number of nitrogens with zero attached hydrogens (tertiary/aromatic N) is 1. The molecule has 2 rings (SSSR count). The molecule has 1 amide bonds. The molecule has 0 unspecified atom stereocenters. The molecule has 2 aromatic rings. The largest absolute Gasteiger partial charge is 0.418 e. The summed E-state index contributed by atoms with van der Waals surface area (Å²) in [7, 11) is 0. The molecule has 0 aliphatic rings. The summed E-state index contributed by atoms with van der Waals surface area (Å²) in [6.07, 6.45) is -3.26. The second kappa shape index (κ2) is 7.83. The standard InChI is InChI=1S/C16H12ClF3N2O2/c17-13-8-4-7-12(16(18,19)20)15(13)22-14(23)10-24-21-9-11-5-2-1-3-6-11/h1-9H,10H2,(H,22,23)/b21-9+. The van der Waals surface area contributed by atoms with Gasteiger partial charge < -0.3 is 10.2 Å². The van der Waals surface area contributed by atoms with Crippen LogP contribution in [0.3, 0.4) is 0 Å². The van der Waals surface area contributed by atoms with Crippen LogP contribution in [0.2, 0.25) is 5.02 Å². The van der Waals surface area contributed by atoms with Crippen LogP contribution in [0, 0.1) is 0 Å². The second-order valence-electron chi connectivity index (χ2n) is 4.63. The van der Waals surface area contributed by atoms with E-state index in [0.717, 1.165) is 17.7 Å². The summed E-state index contributed by atoms with van der Waals surface area (Å²) in [4.78, 5) is 16.5. The van der Waals surface area contributed by atoms with Gasteiger partial charge in [0.2, 0.25) is 0 Å². The Morgan fingerprint density at radius 1 is 1.17 bits per heavy atom. The minimum atomic E-state index is -4.64. The smallest absolute Gasteiger partial charge is 0.386 e. The van der Waals surface area contributed by atoms with Crippen LogP contribution in [0.4, 0.5) is 18.9 Å². The number of para-hydroxylation sites is 1. The number of anilines is 1. The van der Waals surface area contributed by atoms with Gasteiger partial charge in [-0.05, 0) is 17.7 Å². The molecule has 24 heavy (non-hydrogen) atoms. The van der Waals surface area contributed by atoms with Gasteiger partial charge in [-0.25, -0.2) is 0 Å². The van der Waals surface area contributed by atoms with Gasteiger partial charge in [0, 0.05) is 0 Å². The molecule has 0 spiro atoms. The summed E-state index contributed by atoms with van der Waals surface area (Å²) in [5.41, 5.74) is -0.785. The first-order valence-corrected chi connectivity index (χ1v) is 7.11. The summed E-state index contributed by atoms with van der Waals surface area (Å²) < 4.78 is 38.7. The maximum Gasteiger partial charge on any atom is 0.418 e. The van der Waals surface area contributed by atoms with Crippen molar-refractivity contribution >= 4 is 29.4 Å². The van der Waals surface area contributed by atoms with Gasteiger partial charge in [0.25, 0.3) is 5.91 Å². The third-order valence-electron chi connectivity index (χ3n) is 2.85. The van der Waals surface area contributed by atoms with Crippen molar-refractivity contribution in [2.24, 2.45) is 5.16 Å². The lowest BCUT2D eigenvalue weighted by atomic mass is 10.1. The lowest BCUT2D eigenvalue weighted by Gasteiger charge is -2.14. The lowest BCUT2D eigenvalue weighted by molar-refractivity contribution is -0.137. The Morgan fingerprint density at radius 3 is 2.54 bits per heavy atom. The highest BCUT2D eigenvalue weighted by molar-refractivity contribution is 6.34. The van der Waals surface area contributed by atoms with E-state index in [1.807, 2.05) is 6.07 Å². The van der Waals surface area contributed by atoms with Crippen LogP contribution >= 0.6 is 11.6 Å². The van der Waals surface area contributed by atoms with E-state index in [1.54, 1.807) is 24.3 Å². The van der Waals surface area contributed by atoms with Gasteiger partial charge in [-0.1, -0.05) is 53.2 Å². The number of hydrogen-bond donors (Lipinski definition) is 1. The quantitative estimate of drug-likeness (QED) is 0.639. The molecule has 4 nitrogen and oxygen atoms in total. The zero-order chi connectivity index (χ0) is 17.6. The van der Waals surface area contributed by atoms with Crippen molar-refractivity contribution in [1.29, 1.82) is 0 Å². The molecular weight excluding hydrogens is 345 g/mol. The zero-order valence-corrected chi connectivity index (χ0v) is 12.9. The Balaban J connectivity index is 1.97. The number of halogens is 4. The van der Waals surface area contributed by atoms with Crippen LogP contribution in [-0.4, -0.2) is 18.7 Å². The SMILES string of the molecule is O=C(CO/N=C/c1ccccc1)Nc1c(Cl)cccc1C(F)(F)F. The number of carbonyl (C=O) groups excluding carboxylic acids is 1. The van der Waals surface area contributed by atoms with Gasteiger partial charge >= 0.3 is 6.18 Å². The van der Waals surface area contributed by atoms with Gasteiger partial charge in [0.05, 0.1) is 22.5 Å². The first-order chi connectivity index (χ1) is 11.4. The fourth-order valence-corrected chi connectivity index (χ4v) is 2.02. The number of nitrogens with one attached hydrogen (secondary N) is 1. The lowest BCUT2D eigenvalue weighted by Crippen LogP contribution is -2.20. The van der Waals surface area contributed by atoms with E-state index in [1.165, 1.54) is 12.3 Å².